The fourth-order valence-corrected chi connectivity index (χ4v) is 2.78. The Morgan fingerprint density at radius 3 is 2.64 bits per heavy atom. The Morgan fingerprint density at radius 1 is 1.36 bits per heavy atom. The Bertz CT molecular complexity index is 639. The van der Waals surface area contributed by atoms with Crippen LogP contribution in [-0.4, -0.2) is 39.6 Å². The Balaban J connectivity index is 2.16. The minimum Gasteiger partial charge on any atom is -0.497 e. The van der Waals surface area contributed by atoms with Crippen LogP contribution in [0.4, 0.5) is 0 Å². The number of amides is 1. The van der Waals surface area contributed by atoms with Gasteiger partial charge in [-0.05, 0) is 38.1 Å². The third-order valence-corrected chi connectivity index (χ3v) is 4.32. The van der Waals surface area contributed by atoms with Crippen LogP contribution in [0.5, 0.6) is 5.75 Å². The number of carbonyl (C=O) groups is 1. The summed E-state index contributed by atoms with van der Waals surface area (Å²) < 4.78 is 7.04. The summed E-state index contributed by atoms with van der Waals surface area (Å²) in [5, 5.41) is 11.7. The highest BCUT2D eigenvalue weighted by Crippen LogP contribution is 2.26. The van der Waals surface area contributed by atoms with E-state index in [0.29, 0.717) is 11.7 Å². The minimum atomic E-state index is -0.216. The molecular formula is C15H20N4O2S. The fourth-order valence-electron chi connectivity index (χ4n) is 1.94. The normalized spacial score (nSPS) is 12.0. The Morgan fingerprint density at radius 2 is 2.05 bits per heavy atom. The third kappa shape index (κ3) is 3.59. The van der Waals surface area contributed by atoms with Crippen molar-refractivity contribution in [1.82, 2.24) is 20.1 Å². The van der Waals surface area contributed by atoms with Crippen molar-refractivity contribution < 1.29 is 9.53 Å². The van der Waals surface area contributed by atoms with E-state index in [2.05, 4.69) is 15.5 Å². The molecule has 0 aliphatic heterocycles. The lowest BCUT2D eigenvalue weighted by Gasteiger charge is -2.10. The largest absolute Gasteiger partial charge is 0.497 e. The fraction of sp³-hybridized carbons (Fsp3) is 0.400. The van der Waals surface area contributed by atoms with Gasteiger partial charge in [0.05, 0.1) is 12.4 Å². The van der Waals surface area contributed by atoms with Crippen molar-refractivity contribution in [3.8, 4) is 17.1 Å². The number of carbonyl (C=O) groups excluding carboxylic acids is 1. The number of hydrogen-bond donors (Lipinski definition) is 1. The second-order valence-electron chi connectivity index (χ2n) is 4.75. The van der Waals surface area contributed by atoms with Crippen molar-refractivity contribution in [2.75, 3.05) is 13.7 Å². The number of rotatable bonds is 6. The van der Waals surface area contributed by atoms with Gasteiger partial charge in [0.1, 0.15) is 5.75 Å². The van der Waals surface area contributed by atoms with Crippen LogP contribution in [0.3, 0.4) is 0 Å². The first kappa shape index (κ1) is 16.4. The van der Waals surface area contributed by atoms with E-state index in [1.165, 1.54) is 11.8 Å². The number of aromatic nitrogens is 3. The Kier molecular flexibility index (Phi) is 5.43. The zero-order valence-corrected chi connectivity index (χ0v) is 14.0. The second kappa shape index (κ2) is 7.31. The third-order valence-electron chi connectivity index (χ3n) is 3.19. The molecule has 1 aromatic carbocycles. The van der Waals surface area contributed by atoms with Crippen LogP contribution in [0, 0.1) is 0 Å². The summed E-state index contributed by atoms with van der Waals surface area (Å²) in [4.78, 5) is 11.8. The molecule has 22 heavy (non-hydrogen) atoms. The minimum absolute atomic E-state index is 0.00139. The number of nitrogens with zero attached hydrogens (tertiary/aromatic N) is 3. The van der Waals surface area contributed by atoms with E-state index < -0.39 is 0 Å². The molecule has 2 aromatic rings. The quantitative estimate of drug-likeness (QED) is 0.826. The predicted molar refractivity (Wildman–Crippen MR) is 87.0 cm³/mol. The molecule has 0 aliphatic rings. The van der Waals surface area contributed by atoms with E-state index in [0.717, 1.165) is 17.1 Å². The van der Waals surface area contributed by atoms with Gasteiger partial charge in [0.2, 0.25) is 5.91 Å². The summed E-state index contributed by atoms with van der Waals surface area (Å²) in [5.74, 6) is 1.56. The molecule has 0 saturated heterocycles. The van der Waals surface area contributed by atoms with E-state index in [1.54, 1.807) is 7.11 Å². The molecule has 118 valence electrons. The maximum Gasteiger partial charge on any atom is 0.233 e. The first-order valence-electron chi connectivity index (χ1n) is 7.05. The number of thioether (sulfide) groups is 1. The van der Waals surface area contributed by atoms with E-state index in [-0.39, 0.29) is 11.2 Å². The van der Waals surface area contributed by atoms with Crippen LogP contribution in [0.1, 0.15) is 13.8 Å². The van der Waals surface area contributed by atoms with Crippen molar-refractivity contribution in [2.45, 2.75) is 24.3 Å². The number of hydrogen-bond acceptors (Lipinski definition) is 5. The number of ether oxygens (including phenoxy) is 1. The van der Waals surface area contributed by atoms with Gasteiger partial charge in [-0.25, -0.2) is 0 Å². The van der Waals surface area contributed by atoms with E-state index in [9.17, 15) is 4.79 Å². The average Bonchev–Trinajstić information content (AvgIpc) is 2.88. The van der Waals surface area contributed by atoms with Gasteiger partial charge >= 0.3 is 0 Å². The molecule has 6 nitrogen and oxygen atoms in total. The topological polar surface area (TPSA) is 69.0 Å². The molecule has 0 aliphatic carbocycles. The van der Waals surface area contributed by atoms with Crippen molar-refractivity contribution in [2.24, 2.45) is 7.05 Å². The predicted octanol–water partition coefficient (Wildman–Crippen LogP) is 2.11. The van der Waals surface area contributed by atoms with Gasteiger partial charge in [-0.1, -0.05) is 11.8 Å². The van der Waals surface area contributed by atoms with Crippen molar-refractivity contribution in [3.05, 3.63) is 24.3 Å². The van der Waals surface area contributed by atoms with Crippen LogP contribution in [0.25, 0.3) is 11.4 Å². The highest BCUT2D eigenvalue weighted by Gasteiger charge is 2.18. The molecule has 0 fully saturated rings. The number of nitrogens with one attached hydrogen (secondary N) is 1. The highest BCUT2D eigenvalue weighted by atomic mass is 32.2. The summed E-state index contributed by atoms with van der Waals surface area (Å²) in [6, 6.07) is 7.64. The summed E-state index contributed by atoms with van der Waals surface area (Å²) in [6.07, 6.45) is 0. The SMILES string of the molecule is CCNC(=O)[C@H](C)Sc1nnc(-c2ccc(OC)cc2)n1C. The van der Waals surface area contributed by atoms with Crippen molar-refractivity contribution in [1.29, 1.82) is 0 Å². The summed E-state index contributed by atoms with van der Waals surface area (Å²) in [6.45, 7) is 4.39. The molecule has 1 amide bonds. The van der Waals surface area contributed by atoms with E-state index >= 15 is 0 Å². The highest BCUT2D eigenvalue weighted by molar-refractivity contribution is 8.00. The lowest BCUT2D eigenvalue weighted by Crippen LogP contribution is -2.30. The smallest absolute Gasteiger partial charge is 0.233 e. The molecule has 0 saturated carbocycles. The molecule has 0 bridgehead atoms. The molecule has 1 N–H and O–H groups in total. The van der Waals surface area contributed by atoms with Gasteiger partial charge in [-0.3, -0.25) is 4.79 Å². The Hall–Kier alpha value is -2.02. The molecular weight excluding hydrogens is 300 g/mol. The monoisotopic (exact) mass is 320 g/mol. The van der Waals surface area contributed by atoms with Crippen molar-refractivity contribution >= 4 is 17.7 Å². The summed E-state index contributed by atoms with van der Waals surface area (Å²) in [5.41, 5.74) is 0.952. The van der Waals surface area contributed by atoms with Crippen molar-refractivity contribution in [3.63, 3.8) is 0 Å². The van der Waals surface area contributed by atoms with Crippen LogP contribution in [0.15, 0.2) is 29.4 Å². The summed E-state index contributed by atoms with van der Waals surface area (Å²) >= 11 is 1.39. The molecule has 2 rings (SSSR count). The van der Waals surface area contributed by atoms with Gasteiger partial charge in [0, 0.05) is 19.2 Å². The first-order chi connectivity index (χ1) is 10.6. The van der Waals surface area contributed by atoms with Gasteiger partial charge < -0.3 is 14.6 Å². The molecule has 1 heterocycles. The van der Waals surface area contributed by atoms with Gasteiger partial charge in [0.25, 0.3) is 0 Å². The van der Waals surface area contributed by atoms with Crippen LogP contribution < -0.4 is 10.1 Å². The van der Waals surface area contributed by atoms with Crippen LogP contribution in [0.2, 0.25) is 0 Å². The van der Waals surface area contributed by atoms with Gasteiger partial charge in [-0.2, -0.15) is 0 Å². The molecule has 0 radical (unpaired) electrons. The number of methoxy groups -OCH3 is 1. The van der Waals surface area contributed by atoms with Gasteiger partial charge in [0.15, 0.2) is 11.0 Å². The maximum absolute atomic E-state index is 11.8. The van der Waals surface area contributed by atoms with Crippen LogP contribution >= 0.6 is 11.8 Å². The zero-order chi connectivity index (χ0) is 16.1. The Labute approximate surface area is 134 Å². The zero-order valence-electron chi connectivity index (χ0n) is 13.2. The average molecular weight is 320 g/mol. The molecule has 1 aromatic heterocycles. The molecule has 0 unspecified atom stereocenters. The van der Waals surface area contributed by atoms with E-state index in [4.69, 9.17) is 4.74 Å². The maximum atomic E-state index is 11.8. The molecule has 0 spiro atoms. The second-order valence-corrected chi connectivity index (χ2v) is 6.06. The number of benzene rings is 1. The standard InChI is InChI=1S/C15H20N4O2S/c1-5-16-14(20)10(2)22-15-18-17-13(19(15)3)11-6-8-12(21-4)9-7-11/h6-10H,5H2,1-4H3,(H,16,20)/t10-/m0/s1. The lowest BCUT2D eigenvalue weighted by molar-refractivity contribution is -0.120. The molecule has 7 heteroatoms. The van der Waals surface area contributed by atoms with Gasteiger partial charge in [-0.15, -0.1) is 10.2 Å². The molecule has 1 atom stereocenters. The first-order valence-corrected chi connectivity index (χ1v) is 7.93. The van der Waals surface area contributed by atoms with E-state index in [1.807, 2.05) is 49.7 Å². The lowest BCUT2D eigenvalue weighted by atomic mass is 10.2. The summed E-state index contributed by atoms with van der Waals surface area (Å²) in [7, 11) is 3.53. The van der Waals surface area contributed by atoms with Crippen LogP contribution in [-0.2, 0) is 11.8 Å².